The molecule has 0 bridgehead atoms. The van der Waals surface area contributed by atoms with Crippen molar-refractivity contribution in [2.75, 3.05) is 13.2 Å². The van der Waals surface area contributed by atoms with Gasteiger partial charge in [-0.2, -0.15) is 0 Å². The predicted octanol–water partition coefficient (Wildman–Crippen LogP) is 2.51. The fourth-order valence-corrected chi connectivity index (χ4v) is 4.06. The van der Waals surface area contributed by atoms with Gasteiger partial charge in [-0.25, -0.2) is 4.79 Å². The Hall–Kier alpha value is -3.61. The third kappa shape index (κ3) is 5.17. The van der Waals surface area contributed by atoms with Crippen molar-refractivity contribution >= 4 is 22.8 Å². The molecule has 2 aromatic carbocycles. The lowest BCUT2D eigenvalue weighted by Crippen LogP contribution is -2.37. The van der Waals surface area contributed by atoms with Gasteiger partial charge in [-0.15, -0.1) is 0 Å². The van der Waals surface area contributed by atoms with Crippen molar-refractivity contribution in [2.24, 2.45) is 11.8 Å². The Labute approximate surface area is 185 Å². The Kier molecular flexibility index (Phi) is 6.54. The van der Waals surface area contributed by atoms with Gasteiger partial charge in [0.15, 0.2) is 6.61 Å². The van der Waals surface area contributed by atoms with Crippen LogP contribution in [-0.4, -0.2) is 25.0 Å². The Morgan fingerprint density at radius 3 is 2.50 bits per heavy atom. The molecule has 1 heterocycles. The highest BCUT2D eigenvalue weighted by Gasteiger charge is 2.22. The SMILES string of the molecule is O=C(COc1ccc2cc(-c3ccccc3)c(=O)oc2c1)NCC1CCC(C(=O)[O-])CC1. The normalized spacial score (nSPS) is 18.2. The molecule has 0 saturated heterocycles. The second kappa shape index (κ2) is 9.68. The first kappa shape index (κ1) is 21.6. The molecule has 0 unspecified atom stereocenters. The molecule has 1 aromatic heterocycles. The molecule has 1 aliphatic rings. The largest absolute Gasteiger partial charge is 0.550 e. The Morgan fingerprint density at radius 2 is 1.78 bits per heavy atom. The molecule has 166 valence electrons. The zero-order valence-electron chi connectivity index (χ0n) is 17.5. The number of fused-ring (bicyclic) bond motifs is 1. The molecule has 7 heteroatoms. The van der Waals surface area contributed by atoms with Crippen LogP contribution >= 0.6 is 0 Å². The molecular weight excluding hydrogens is 410 g/mol. The quantitative estimate of drug-likeness (QED) is 0.573. The van der Waals surface area contributed by atoms with Crippen molar-refractivity contribution < 1.29 is 23.8 Å². The topological polar surface area (TPSA) is 109 Å². The minimum atomic E-state index is -0.983. The minimum absolute atomic E-state index is 0.160. The van der Waals surface area contributed by atoms with Crippen LogP contribution in [0.5, 0.6) is 5.75 Å². The Bertz CT molecular complexity index is 1160. The first-order valence-corrected chi connectivity index (χ1v) is 10.7. The van der Waals surface area contributed by atoms with Crippen LogP contribution in [0.4, 0.5) is 0 Å². The van der Waals surface area contributed by atoms with E-state index in [4.69, 9.17) is 9.15 Å². The van der Waals surface area contributed by atoms with Crippen LogP contribution in [0.1, 0.15) is 25.7 Å². The summed E-state index contributed by atoms with van der Waals surface area (Å²) < 4.78 is 11.0. The minimum Gasteiger partial charge on any atom is -0.550 e. The van der Waals surface area contributed by atoms with Crippen LogP contribution in [0.3, 0.4) is 0 Å². The van der Waals surface area contributed by atoms with Crippen LogP contribution in [0.2, 0.25) is 0 Å². The number of nitrogens with one attached hydrogen (secondary N) is 1. The highest BCUT2D eigenvalue weighted by atomic mass is 16.5. The zero-order chi connectivity index (χ0) is 22.5. The fourth-order valence-electron chi connectivity index (χ4n) is 4.06. The Balaban J connectivity index is 1.32. The number of carbonyl (C=O) groups is 2. The van der Waals surface area contributed by atoms with Crippen LogP contribution in [0.15, 0.2) is 63.8 Å². The standard InChI is InChI=1S/C25H25NO6/c27-23(26-14-16-6-8-18(9-7-16)24(28)29)15-31-20-11-10-19-12-21(17-4-2-1-3-5-17)25(30)32-22(19)13-20/h1-5,10-13,16,18H,6-9,14-15H2,(H,26,27)(H,28,29)/p-1. The van der Waals surface area contributed by atoms with Gasteiger partial charge in [-0.1, -0.05) is 30.3 Å². The van der Waals surface area contributed by atoms with Gasteiger partial charge in [0.2, 0.25) is 0 Å². The van der Waals surface area contributed by atoms with Crippen LogP contribution in [-0.2, 0) is 9.59 Å². The number of rotatable bonds is 7. The maximum Gasteiger partial charge on any atom is 0.344 e. The van der Waals surface area contributed by atoms with Crippen molar-refractivity contribution in [3.8, 4) is 16.9 Å². The molecule has 4 rings (SSSR count). The number of carboxylic acid groups (broad SMARTS) is 1. The predicted molar refractivity (Wildman–Crippen MR) is 117 cm³/mol. The van der Waals surface area contributed by atoms with Crippen molar-refractivity contribution in [2.45, 2.75) is 25.7 Å². The van der Waals surface area contributed by atoms with E-state index in [1.54, 1.807) is 24.3 Å². The van der Waals surface area contributed by atoms with Gasteiger partial charge in [-0.05, 0) is 61.3 Å². The third-order valence-corrected chi connectivity index (χ3v) is 5.93. The van der Waals surface area contributed by atoms with E-state index >= 15 is 0 Å². The van der Waals surface area contributed by atoms with E-state index in [0.717, 1.165) is 23.8 Å². The van der Waals surface area contributed by atoms with Crippen molar-refractivity contribution in [3.05, 3.63) is 65.0 Å². The summed E-state index contributed by atoms with van der Waals surface area (Å²) in [5.41, 5.74) is 1.22. The highest BCUT2D eigenvalue weighted by Crippen LogP contribution is 2.28. The van der Waals surface area contributed by atoms with E-state index in [2.05, 4.69) is 5.32 Å². The third-order valence-electron chi connectivity index (χ3n) is 5.93. The number of aliphatic carboxylic acids is 1. The van der Waals surface area contributed by atoms with Gasteiger partial charge in [0.1, 0.15) is 11.3 Å². The smallest absolute Gasteiger partial charge is 0.344 e. The molecule has 32 heavy (non-hydrogen) atoms. The summed E-state index contributed by atoms with van der Waals surface area (Å²) in [6.07, 6.45) is 2.70. The molecule has 3 aromatic rings. The monoisotopic (exact) mass is 434 g/mol. The summed E-state index contributed by atoms with van der Waals surface area (Å²) >= 11 is 0. The molecule has 1 fully saturated rings. The molecule has 0 radical (unpaired) electrons. The second-order valence-electron chi connectivity index (χ2n) is 8.14. The van der Waals surface area contributed by atoms with Crippen LogP contribution < -0.4 is 20.8 Å². The van der Waals surface area contributed by atoms with E-state index in [1.165, 1.54) is 0 Å². The number of ether oxygens (including phenoxy) is 1. The van der Waals surface area contributed by atoms with Crippen molar-refractivity contribution in [1.29, 1.82) is 0 Å². The molecule has 7 nitrogen and oxygen atoms in total. The van der Waals surface area contributed by atoms with Crippen LogP contribution in [0.25, 0.3) is 22.1 Å². The number of hydrogen-bond acceptors (Lipinski definition) is 6. The summed E-state index contributed by atoms with van der Waals surface area (Å²) in [5, 5.41) is 14.5. The van der Waals surface area contributed by atoms with E-state index in [9.17, 15) is 19.5 Å². The second-order valence-corrected chi connectivity index (χ2v) is 8.14. The number of hydrogen-bond donors (Lipinski definition) is 1. The average Bonchev–Trinajstić information content (AvgIpc) is 2.81. The number of carboxylic acids is 1. The van der Waals surface area contributed by atoms with E-state index in [0.29, 0.717) is 36.3 Å². The van der Waals surface area contributed by atoms with Crippen molar-refractivity contribution in [1.82, 2.24) is 5.32 Å². The lowest BCUT2D eigenvalue weighted by molar-refractivity contribution is -0.312. The van der Waals surface area contributed by atoms with Crippen LogP contribution in [0, 0.1) is 11.8 Å². The van der Waals surface area contributed by atoms with Gasteiger partial charge in [0, 0.05) is 24.0 Å². The molecule has 0 atom stereocenters. The summed E-state index contributed by atoms with van der Waals surface area (Å²) in [6.45, 7) is 0.336. The molecule has 1 aliphatic carbocycles. The van der Waals surface area contributed by atoms with E-state index < -0.39 is 11.6 Å². The van der Waals surface area contributed by atoms with Gasteiger partial charge in [0.25, 0.3) is 5.91 Å². The molecule has 0 aliphatic heterocycles. The summed E-state index contributed by atoms with van der Waals surface area (Å²) in [7, 11) is 0. The number of amides is 1. The molecule has 1 saturated carbocycles. The van der Waals surface area contributed by atoms with Gasteiger partial charge < -0.3 is 24.4 Å². The lowest BCUT2D eigenvalue weighted by Gasteiger charge is -2.29. The molecule has 1 N–H and O–H groups in total. The maximum atomic E-state index is 12.4. The summed E-state index contributed by atoms with van der Waals surface area (Å²) in [4.78, 5) is 35.4. The van der Waals surface area contributed by atoms with Gasteiger partial charge in [0.05, 0.1) is 5.56 Å². The first-order chi connectivity index (χ1) is 15.5. The first-order valence-electron chi connectivity index (χ1n) is 10.7. The fraction of sp³-hybridized carbons (Fsp3) is 0.320. The lowest BCUT2D eigenvalue weighted by atomic mass is 9.82. The highest BCUT2D eigenvalue weighted by molar-refractivity contribution is 5.83. The molecular formula is C25H24NO6-. The average molecular weight is 434 g/mol. The van der Waals surface area contributed by atoms with E-state index in [1.807, 2.05) is 30.3 Å². The van der Waals surface area contributed by atoms with E-state index in [-0.39, 0.29) is 24.3 Å². The maximum absolute atomic E-state index is 12.4. The van der Waals surface area contributed by atoms with Gasteiger partial charge >= 0.3 is 5.63 Å². The zero-order valence-corrected chi connectivity index (χ0v) is 17.5. The van der Waals surface area contributed by atoms with Crippen molar-refractivity contribution in [3.63, 3.8) is 0 Å². The number of benzene rings is 2. The summed E-state index contributed by atoms with van der Waals surface area (Å²) in [5.74, 6) is -0.917. The molecule has 0 spiro atoms. The Morgan fingerprint density at radius 1 is 1.03 bits per heavy atom. The van der Waals surface area contributed by atoms with Gasteiger partial charge in [-0.3, -0.25) is 4.79 Å². The number of carbonyl (C=O) groups excluding carboxylic acids is 2. The summed E-state index contributed by atoms with van der Waals surface area (Å²) in [6, 6.07) is 16.2. The molecule has 1 amide bonds.